The van der Waals surface area contributed by atoms with Crippen LogP contribution in [0, 0.1) is 5.92 Å². The van der Waals surface area contributed by atoms with Gasteiger partial charge in [0.1, 0.15) is 0 Å². The second kappa shape index (κ2) is 8.34. The first-order valence-corrected chi connectivity index (χ1v) is 10.3. The first-order chi connectivity index (χ1) is 14.5. The number of benzene rings is 2. The Morgan fingerprint density at radius 3 is 2.60 bits per heavy atom. The molecule has 1 aliphatic carbocycles. The first kappa shape index (κ1) is 20.2. The Kier molecular flexibility index (Phi) is 5.61. The first-order valence-electron chi connectivity index (χ1n) is 10.3. The molecule has 2 atom stereocenters. The van der Waals surface area contributed by atoms with Crippen LogP contribution in [0.5, 0.6) is 0 Å². The highest BCUT2D eigenvalue weighted by atomic mass is 16.7. The van der Waals surface area contributed by atoms with E-state index < -0.39 is 24.8 Å². The van der Waals surface area contributed by atoms with E-state index in [0.29, 0.717) is 31.8 Å². The van der Waals surface area contributed by atoms with E-state index in [1.54, 1.807) is 4.90 Å². The van der Waals surface area contributed by atoms with Crippen LogP contribution >= 0.6 is 0 Å². The van der Waals surface area contributed by atoms with Gasteiger partial charge in [-0.25, -0.2) is 4.79 Å². The fraction of sp³-hybridized carbons (Fsp3) is 0.435. The molecule has 158 valence electrons. The number of carboxylic acids is 1. The zero-order valence-corrected chi connectivity index (χ0v) is 16.7. The molecule has 1 heterocycles. The van der Waals surface area contributed by atoms with Gasteiger partial charge in [0.15, 0.2) is 0 Å². The lowest BCUT2D eigenvalue weighted by atomic mass is 9.93. The molecular formula is C23H25NO6. The van der Waals surface area contributed by atoms with Crippen LogP contribution in [0.1, 0.15) is 37.7 Å². The number of carboxylic acid groups (broad SMARTS) is 1. The Bertz CT molecular complexity index is 973. The number of carbonyl (C=O) groups excluding carboxylic acids is 2. The quantitative estimate of drug-likeness (QED) is 0.405. The fourth-order valence-electron chi connectivity index (χ4n) is 4.42. The van der Waals surface area contributed by atoms with Gasteiger partial charge >= 0.3 is 18.0 Å². The number of aliphatic carboxylic acids is 1. The molecule has 4 rings (SSSR count). The van der Waals surface area contributed by atoms with Crippen molar-refractivity contribution in [1.82, 2.24) is 4.90 Å². The molecule has 2 aromatic rings. The Balaban J connectivity index is 1.24. The molecule has 2 aliphatic rings. The largest absolute Gasteiger partial charge is 0.481 e. The van der Waals surface area contributed by atoms with Crippen LogP contribution in [0.4, 0.5) is 4.79 Å². The highest BCUT2D eigenvalue weighted by Gasteiger charge is 2.62. The van der Waals surface area contributed by atoms with E-state index in [1.807, 2.05) is 12.1 Å². The van der Waals surface area contributed by atoms with Crippen LogP contribution < -0.4 is 0 Å². The Morgan fingerprint density at radius 2 is 1.80 bits per heavy atom. The Morgan fingerprint density at radius 1 is 1.03 bits per heavy atom. The van der Waals surface area contributed by atoms with Gasteiger partial charge in [0, 0.05) is 31.3 Å². The molecular weight excluding hydrogens is 386 g/mol. The fourth-order valence-corrected chi connectivity index (χ4v) is 4.42. The van der Waals surface area contributed by atoms with Crippen LogP contribution in [0.25, 0.3) is 10.8 Å². The number of esters is 1. The highest BCUT2D eigenvalue weighted by molar-refractivity contribution is 5.83. The van der Waals surface area contributed by atoms with Crippen molar-refractivity contribution in [2.24, 2.45) is 5.92 Å². The Labute approximate surface area is 174 Å². The van der Waals surface area contributed by atoms with E-state index in [9.17, 15) is 14.4 Å². The number of unbranched alkanes of at least 4 members (excludes halogenated alkanes) is 1. The second-order valence-corrected chi connectivity index (χ2v) is 8.14. The summed E-state index contributed by atoms with van der Waals surface area (Å²) in [7, 11) is 0. The van der Waals surface area contributed by atoms with Gasteiger partial charge in [-0.05, 0) is 41.5 Å². The maximum atomic E-state index is 12.4. The van der Waals surface area contributed by atoms with E-state index >= 15 is 0 Å². The highest BCUT2D eigenvalue weighted by Crippen LogP contribution is 2.59. The summed E-state index contributed by atoms with van der Waals surface area (Å²) in [4.78, 5) is 36.1. The molecule has 1 amide bonds. The predicted octanol–water partition coefficient (Wildman–Crippen LogP) is 3.70. The van der Waals surface area contributed by atoms with Crippen molar-refractivity contribution in [3.63, 3.8) is 0 Å². The van der Waals surface area contributed by atoms with Gasteiger partial charge in [-0.15, -0.1) is 0 Å². The number of rotatable bonds is 8. The smallest absolute Gasteiger partial charge is 0.412 e. The van der Waals surface area contributed by atoms with E-state index in [2.05, 4.69) is 30.3 Å². The van der Waals surface area contributed by atoms with Crippen molar-refractivity contribution in [1.29, 1.82) is 0 Å². The summed E-state index contributed by atoms with van der Waals surface area (Å²) >= 11 is 0. The van der Waals surface area contributed by atoms with Crippen molar-refractivity contribution < 1.29 is 29.0 Å². The molecule has 0 unspecified atom stereocenters. The summed E-state index contributed by atoms with van der Waals surface area (Å²) in [5.74, 6) is -0.949. The van der Waals surface area contributed by atoms with Crippen molar-refractivity contribution in [2.75, 3.05) is 19.9 Å². The molecule has 0 radical (unpaired) electrons. The normalized spacial score (nSPS) is 21.9. The lowest BCUT2D eigenvalue weighted by Gasteiger charge is -2.21. The van der Waals surface area contributed by atoms with Gasteiger partial charge < -0.3 is 19.5 Å². The van der Waals surface area contributed by atoms with Gasteiger partial charge in [-0.3, -0.25) is 9.59 Å². The van der Waals surface area contributed by atoms with E-state index in [4.69, 9.17) is 14.6 Å². The summed E-state index contributed by atoms with van der Waals surface area (Å²) in [5, 5.41) is 11.0. The molecule has 1 aliphatic heterocycles. The molecule has 1 N–H and O–H groups in total. The molecule has 7 nitrogen and oxygen atoms in total. The third-order valence-electron chi connectivity index (χ3n) is 6.15. The summed E-state index contributed by atoms with van der Waals surface area (Å²) in [6, 6.07) is 14.7. The minimum Gasteiger partial charge on any atom is -0.481 e. The summed E-state index contributed by atoms with van der Waals surface area (Å²) < 4.78 is 10.0. The average molecular weight is 411 g/mol. The maximum Gasteiger partial charge on any atom is 0.412 e. The van der Waals surface area contributed by atoms with Crippen LogP contribution in [-0.2, 0) is 24.5 Å². The van der Waals surface area contributed by atoms with E-state index in [-0.39, 0.29) is 18.3 Å². The number of nitrogens with zero attached hydrogens (tertiary/aromatic N) is 1. The molecule has 0 spiro atoms. The van der Waals surface area contributed by atoms with E-state index in [1.165, 1.54) is 16.3 Å². The van der Waals surface area contributed by atoms with Crippen molar-refractivity contribution >= 4 is 28.8 Å². The number of fused-ring (bicyclic) bond motifs is 2. The minimum atomic E-state index is -0.887. The molecule has 0 bridgehead atoms. The van der Waals surface area contributed by atoms with Gasteiger partial charge in [-0.2, -0.15) is 0 Å². The zero-order chi connectivity index (χ0) is 21.1. The number of amides is 1. The predicted molar refractivity (Wildman–Crippen MR) is 109 cm³/mol. The SMILES string of the molecule is O=C(O)CCCCC(=O)OCOC(=O)N1C[C@H]2C[C@@]2(c2ccc3ccccc3c2)C1. The van der Waals surface area contributed by atoms with Crippen molar-refractivity contribution in [2.45, 2.75) is 37.5 Å². The van der Waals surface area contributed by atoms with Crippen LogP contribution in [-0.4, -0.2) is 47.9 Å². The number of likely N-dealkylation sites (tertiary alicyclic amines) is 1. The number of piperidine rings is 1. The minimum absolute atomic E-state index is 0.00384. The topological polar surface area (TPSA) is 93.1 Å². The lowest BCUT2D eigenvalue weighted by molar-refractivity contribution is -0.152. The van der Waals surface area contributed by atoms with Gasteiger partial charge in [0.05, 0.1) is 0 Å². The third-order valence-corrected chi connectivity index (χ3v) is 6.15. The Hall–Kier alpha value is -3.09. The molecule has 2 aromatic carbocycles. The van der Waals surface area contributed by atoms with Gasteiger partial charge in [0.25, 0.3) is 0 Å². The monoisotopic (exact) mass is 411 g/mol. The standard InChI is InChI=1S/C23H25NO6/c25-20(26)7-3-4-8-21(27)29-15-30-22(28)24-13-19-12-23(19,14-24)18-10-9-16-5-1-2-6-17(16)11-18/h1-2,5-6,9-11,19H,3-4,7-8,12-15H2,(H,25,26)/t19-,23+/m1/s1. The summed E-state index contributed by atoms with van der Waals surface area (Å²) in [6.45, 7) is 0.841. The van der Waals surface area contributed by atoms with Gasteiger partial charge in [0.2, 0.25) is 6.79 Å². The maximum absolute atomic E-state index is 12.4. The number of hydrogen-bond acceptors (Lipinski definition) is 5. The van der Waals surface area contributed by atoms with Crippen LogP contribution in [0.3, 0.4) is 0 Å². The molecule has 1 saturated heterocycles. The lowest BCUT2D eigenvalue weighted by Crippen LogP contribution is -2.34. The molecule has 30 heavy (non-hydrogen) atoms. The van der Waals surface area contributed by atoms with Crippen LogP contribution in [0.2, 0.25) is 0 Å². The average Bonchev–Trinajstić information content (AvgIpc) is 3.31. The molecule has 7 heteroatoms. The summed E-state index contributed by atoms with van der Waals surface area (Å²) in [5.41, 5.74) is 1.26. The van der Waals surface area contributed by atoms with Crippen molar-refractivity contribution in [3.05, 3.63) is 48.0 Å². The number of hydrogen-bond donors (Lipinski definition) is 1. The van der Waals surface area contributed by atoms with Gasteiger partial charge in [-0.1, -0.05) is 42.5 Å². The number of ether oxygens (including phenoxy) is 2. The summed E-state index contributed by atoms with van der Waals surface area (Å²) in [6.07, 6.45) is 1.58. The molecule has 1 saturated carbocycles. The number of carbonyl (C=O) groups is 3. The molecule has 0 aromatic heterocycles. The second-order valence-electron chi connectivity index (χ2n) is 8.14. The third kappa shape index (κ3) is 4.25. The van der Waals surface area contributed by atoms with Crippen LogP contribution in [0.15, 0.2) is 42.5 Å². The zero-order valence-electron chi connectivity index (χ0n) is 16.7. The van der Waals surface area contributed by atoms with E-state index in [0.717, 1.165) is 6.42 Å². The molecule has 2 fully saturated rings. The van der Waals surface area contributed by atoms with Crippen molar-refractivity contribution in [3.8, 4) is 0 Å².